The molecule has 1 amide bonds. The van der Waals surface area contributed by atoms with Crippen LogP contribution in [0.15, 0.2) is 35.2 Å². The summed E-state index contributed by atoms with van der Waals surface area (Å²) in [6.07, 6.45) is 5.91. The molecule has 1 aliphatic heterocycles. The molecule has 0 radical (unpaired) electrons. The van der Waals surface area contributed by atoms with E-state index < -0.39 is 6.09 Å². The molecule has 0 atom stereocenters. The lowest BCUT2D eigenvalue weighted by Gasteiger charge is -2.26. The Hall–Kier alpha value is -1.95. The van der Waals surface area contributed by atoms with Gasteiger partial charge in [0.05, 0.1) is 0 Å². The van der Waals surface area contributed by atoms with Crippen molar-refractivity contribution in [3.63, 3.8) is 0 Å². The maximum absolute atomic E-state index is 11.2. The van der Waals surface area contributed by atoms with Crippen LogP contribution in [0.2, 0.25) is 0 Å². The van der Waals surface area contributed by atoms with Crippen LogP contribution in [0.1, 0.15) is 12.0 Å². The number of rotatable bonds is 1. The molecule has 0 aliphatic carbocycles. The van der Waals surface area contributed by atoms with Crippen LogP contribution >= 0.6 is 15.9 Å². The third-order valence-corrected chi connectivity index (χ3v) is 3.73. The zero-order valence-electron chi connectivity index (χ0n) is 10.6. The van der Waals surface area contributed by atoms with Gasteiger partial charge in [-0.25, -0.2) is 9.78 Å². The monoisotopic (exact) mass is 333 g/mol. The third-order valence-electron chi connectivity index (χ3n) is 3.30. The number of halogens is 1. The number of hydrogen-bond donors (Lipinski definition) is 1. The molecule has 3 rings (SSSR count). The zero-order chi connectivity index (χ0) is 14.1. The first-order valence-electron chi connectivity index (χ1n) is 6.25. The summed E-state index contributed by atoms with van der Waals surface area (Å²) in [7, 11) is 0. The second kappa shape index (κ2) is 5.20. The summed E-state index contributed by atoms with van der Waals surface area (Å²) in [5.74, 6) is 0.551. The summed E-state index contributed by atoms with van der Waals surface area (Å²) in [4.78, 5) is 21.0. The number of aryl methyl sites for hydroxylation is 1. The van der Waals surface area contributed by atoms with E-state index in [1.807, 2.05) is 12.1 Å². The Balaban J connectivity index is 2.03. The van der Waals surface area contributed by atoms with Gasteiger partial charge >= 0.3 is 6.09 Å². The van der Waals surface area contributed by atoms with Crippen molar-refractivity contribution >= 4 is 27.8 Å². The SMILES string of the molecule is O=C(O)N1CCCc2cc(-c3cncc(Br)c3)cnc21. The number of carbonyl (C=O) groups is 1. The lowest BCUT2D eigenvalue weighted by atomic mass is 10.0. The van der Waals surface area contributed by atoms with Gasteiger partial charge in [0.25, 0.3) is 0 Å². The minimum atomic E-state index is -0.949. The summed E-state index contributed by atoms with van der Waals surface area (Å²) in [5, 5.41) is 9.18. The Morgan fingerprint density at radius 1 is 1.25 bits per heavy atom. The van der Waals surface area contributed by atoms with Gasteiger partial charge in [-0.2, -0.15) is 0 Å². The molecule has 5 nitrogen and oxygen atoms in total. The number of hydrogen-bond acceptors (Lipinski definition) is 3. The van der Waals surface area contributed by atoms with E-state index >= 15 is 0 Å². The predicted molar refractivity (Wildman–Crippen MR) is 78.9 cm³/mol. The van der Waals surface area contributed by atoms with Crippen LogP contribution in [0.3, 0.4) is 0 Å². The Morgan fingerprint density at radius 2 is 2.05 bits per heavy atom. The van der Waals surface area contributed by atoms with Crippen molar-refractivity contribution in [2.75, 3.05) is 11.4 Å². The van der Waals surface area contributed by atoms with Crippen molar-refractivity contribution < 1.29 is 9.90 Å². The zero-order valence-corrected chi connectivity index (χ0v) is 12.2. The molecular weight excluding hydrogens is 322 g/mol. The molecule has 0 saturated carbocycles. The highest BCUT2D eigenvalue weighted by Crippen LogP contribution is 2.29. The highest BCUT2D eigenvalue weighted by Gasteiger charge is 2.23. The van der Waals surface area contributed by atoms with Gasteiger partial charge in [0, 0.05) is 40.7 Å². The molecule has 6 heteroatoms. The van der Waals surface area contributed by atoms with Crippen LogP contribution in [0, 0.1) is 0 Å². The maximum Gasteiger partial charge on any atom is 0.413 e. The molecule has 2 aromatic rings. The average Bonchev–Trinajstić information content (AvgIpc) is 2.46. The van der Waals surface area contributed by atoms with Gasteiger partial charge in [-0.15, -0.1) is 0 Å². The van der Waals surface area contributed by atoms with Crippen molar-refractivity contribution in [1.29, 1.82) is 0 Å². The molecule has 20 heavy (non-hydrogen) atoms. The quantitative estimate of drug-likeness (QED) is 0.869. The number of amides is 1. The van der Waals surface area contributed by atoms with Crippen LogP contribution in [-0.4, -0.2) is 27.7 Å². The number of pyridine rings is 2. The molecule has 102 valence electrons. The second-order valence-corrected chi connectivity index (χ2v) is 5.55. The first kappa shape index (κ1) is 13.1. The van der Waals surface area contributed by atoms with Crippen LogP contribution in [0.4, 0.5) is 10.6 Å². The van der Waals surface area contributed by atoms with Gasteiger partial charge in [0.2, 0.25) is 0 Å². The van der Waals surface area contributed by atoms with E-state index in [9.17, 15) is 9.90 Å². The summed E-state index contributed by atoms with van der Waals surface area (Å²) in [5.41, 5.74) is 2.88. The minimum Gasteiger partial charge on any atom is -0.465 e. The molecule has 2 aromatic heterocycles. The molecule has 0 bridgehead atoms. The first-order valence-corrected chi connectivity index (χ1v) is 7.05. The lowest BCUT2D eigenvalue weighted by molar-refractivity contribution is 0.201. The molecule has 1 N–H and O–H groups in total. The Kier molecular flexibility index (Phi) is 3.40. The fourth-order valence-electron chi connectivity index (χ4n) is 2.38. The topological polar surface area (TPSA) is 66.3 Å². The van der Waals surface area contributed by atoms with E-state index in [0.29, 0.717) is 12.4 Å². The fraction of sp³-hybridized carbons (Fsp3) is 0.214. The number of carboxylic acid groups (broad SMARTS) is 1. The van der Waals surface area contributed by atoms with Gasteiger partial charge in [-0.1, -0.05) is 0 Å². The summed E-state index contributed by atoms with van der Waals surface area (Å²) >= 11 is 3.39. The van der Waals surface area contributed by atoms with Gasteiger partial charge in [-0.3, -0.25) is 9.88 Å². The standard InChI is InChI=1S/C14H12BrN3O2/c15-12-5-11(6-16-8-12)10-4-9-2-1-3-18(14(19)20)13(9)17-7-10/h4-8H,1-3H2,(H,19,20). The van der Waals surface area contributed by atoms with Gasteiger partial charge in [0.1, 0.15) is 5.82 Å². The summed E-state index contributed by atoms with van der Waals surface area (Å²) < 4.78 is 0.903. The van der Waals surface area contributed by atoms with Crippen LogP contribution in [-0.2, 0) is 6.42 Å². The smallest absolute Gasteiger partial charge is 0.413 e. The van der Waals surface area contributed by atoms with E-state index in [1.54, 1.807) is 18.6 Å². The lowest BCUT2D eigenvalue weighted by Crippen LogP contribution is -2.34. The van der Waals surface area contributed by atoms with Crippen LogP contribution in [0.5, 0.6) is 0 Å². The molecule has 0 aromatic carbocycles. The molecule has 0 fully saturated rings. The van der Waals surface area contributed by atoms with Crippen molar-refractivity contribution in [2.24, 2.45) is 0 Å². The fourth-order valence-corrected chi connectivity index (χ4v) is 2.74. The van der Waals surface area contributed by atoms with E-state index in [2.05, 4.69) is 25.9 Å². The molecule has 0 saturated heterocycles. The number of anilines is 1. The highest BCUT2D eigenvalue weighted by atomic mass is 79.9. The predicted octanol–water partition coefficient (Wildman–Crippen LogP) is 3.34. The van der Waals surface area contributed by atoms with Crippen LogP contribution < -0.4 is 4.90 Å². The molecule has 1 aliphatic rings. The highest BCUT2D eigenvalue weighted by molar-refractivity contribution is 9.10. The summed E-state index contributed by atoms with van der Waals surface area (Å²) in [6, 6.07) is 3.97. The summed E-state index contributed by atoms with van der Waals surface area (Å²) in [6.45, 7) is 0.507. The molecule has 3 heterocycles. The second-order valence-electron chi connectivity index (χ2n) is 4.64. The average molecular weight is 334 g/mol. The normalized spacial score (nSPS) is 13.9. The van der Waals surface area contributed by atoms with Gasteiger partial charge in [-0.05, 0) is 46.5 Å². The van der Waals surface area contributed by atoms with E-state index in [0.717, 1.165) is 34.0 Å². The maximum atomic E-state index is 11.2. The van der Waals surface area contributed by atoms with Crippen molar-refractivity contribution in [3.8, 4) is 11.1 Å². The van der Waals surface area contributed by atoms with E-state index in [4.69, 9.17) is 0 Å². The van der Waals surface area contributed by atoms with E-state index in [-0.39, 0.29) is 0 Å². The largest absolute Gasteiger partial charge is 0.465 e. The van der Waals surface area contributed by atoms with Gasteiger partial charge < -0.3 is 5.11 Å². The van der Waals surface area contributed by atoms with Crippen molar-refractivity contribution in [1.82, 2.24) is 9.97 Å². The van der Waals surface area contributed by atoms with Gasteiger partial charge in [0.15, 0.2) is 0 Å². The number of aromatic nitrogens is 2. The number of nitrogens with zero attached hydrogens (tertiary/aromatic N) is 3. The molecule has 0 spiro atoms. The minimum absolute atomic E-state index is 0.507. The first-order chi connectivity index (χ1) is 9.65. The van der Waals surface area contributed by atoms with Crippen LogP contribution in [0.25, 0.3) is 11.1 Å². The number of fused-ring (bicyclic) bond motifs is 1. The Morgan fingerprint density at radius 3 is 2.80 bits per heavy atom. The van der Waals surface area contributed by atoms with Crippen molar-refractivity contribution in [3.05, 3.63) is 40.8 Å². The van der Waals surface area contributed by atoms with Crippen molar-refractivity contribution in [2.45, 2.75) is 12.8 Å². The third kappa shape index (κ3) is 2.38. The molecule has 0 unspecified atom stereocenters. The van der Waals surface area contributed by atoms with E-state index in [1.165, 1.54) is 4.90 Å². The Bertz CT molecular complexity index is 675. The Labute approximate surface area is 124 Å². The molecular formula is C14H12BrN3O2.